The summed E-state index contributed by atoms with van der Waals surface area (Å²) in [6.45, 7) is 1.80. The van der Waals surface area contributed by atoms with Crippen molar-refractivity contribution < 1.29 is 9.53 Å². The fourth-order valence-electron chi connectivity index (χ4n) is 2.59. The number of ether oxygens (including phenoxy) is 1. The van der Waals surface area contributed by atoms with E-state index in [1.165, 1.54) is 0 Å². The summed E-state index contributed by atoms with van der Waals surface area (Å²) in [7, 11) is 1.75. The zero-order chi connectivity index (χ0) is 15.4. The minimum atomic E-state index is -0.478. The molecule has 1 atom stereocenters. The number of amides is 1. The third-order valence-corrected chi connectivity index (χ3v) is 4.21. The van der Waals surface area contributed by atoms with Gasteiger partial charge >= 0.3 is 0 Å². The highest BCUT2D eigenvalue weighted by atomic mass is 35.5. The second kappa shape index (κ2) is 7.45. The maximum atomic E-state index is 12.4. The van der Waals surface area contributed by atoms with E-state index in [2.05, 4.69) is 0 Å². The Bertz CT molecular complexity index is 484. The van der Waals surface area contributed by atoms with Gasteiger partial charge in [-0.3, -0.25) is 4.79 Å². The number of hydrogen-bond acceptors (Lipinski definition) is 3. The summed E-state index contributed by atoms with van der Waals surface area (Å²) in [6.07, 6.45) is 1.67. The molecule has 1 aromatic rings. The topological polar surface area (TPSA) is 55.6 Å². The molecule has 0 aliphatic carbocycles. The van der Waals surface area contributed by atoms with E-state index in [0.29, 0.717) is 29.8 Å². The lowest BCUT2D eigenvalue weighted by Crippen LogP contribution is -2.47. The van der Waals surface area contributed by atoms with Crippen LogP contribution in [0.2, 0.25) is 10.0 Å². The van der Waals surface area contributed by atoms with Gasteiger partial charge in [0.15, 0.2) is 0 Å². The van der Waals surface area contributed by atoms with Crippen molar-refractivity contribution in [2.24, 2.45) is 11.7 Å². The molecule has 0 radical (unpaired) electrons. The van der Waals surface area contributed by atoms with Crippen molar-refractivity contribution in [2.45, 2.75) is 25.4 Å². The SMILES string of the molecule is CN(Cc1cc(Cl)cc(Cl)c1)C(=O)C(N)C1CCOCC1. The van der Waals surface area contributed by atoms with Crippen molar-refractivity contribution in [1.82, 2.24) is 4.90 Å². The highest BCUT2D eigenvalue weighted by molar-refractivity contribution is 6.34. The molecule has 1 fully saturated rings. The quantitative estimate of drug-likeness (QED) is 0.923. The van der Waals surface area contributed by atoms with E-state index in [4.69, 9.17) is 33.7 Å². The van der Waals surface area contributed by atoms with E-state index in [-0.39, 0.29) is 11.8 Å². The molecule has 1 aliphatic rings. The van der Waals surface area contributed by atoms with Crippen LogP contribution in [0.4, 0.5) is 0 Å². The molecule has 4 nitrogen and oxygen atoms in total. The van der Waals surface area contributed by atoms with Crippen LogP contribution in [0.15, 0.2) is 18.2 Å². The van der Waals surface area contributed by atoms with Crippen molar-refractivity contribution in [1.29, 1.82) is 0 Å². The smallest absolute Gasteiger partial charge is 0.239 e. The summed E-state index contributed by atoms with van der Waals surface area (Å²) in [5.74, 6) is 0.134. The van der Waals surface area contributed by atoms with Gasteiger partial charge in [0.2, 0.25) is 5.91 Å². The molecule has 6 heteroatoms. The van der Waals surface area contributed by atoms with Gasteiger partial charge in [0.1, 0.15) is 0 Å². The molecule has 116 valence electrons. The summed E-state index contributed by atoms with van der Waals surface area (Å²) < 4.78 is 5.30. The molecule has 0 spiro atoms. The van der Waals surface area contributed by atoms with Crippen LogP contribution in [0.5, 0.6) is 0 Å². The average molecular weight is 331 g/mol. The molecule has 1 amide bonds. The molecule has 1 aliphatic heterocycles. The van der Waals surface area contributed by atoms with Gasteiger partial charge in [-0.25, -0.2) is 0 Å². The monoisotopic (exact) mass is 330 g/mol. The predicted octanol–water partition coefficient (Wildman–Crippen LogP) is 2.71. The van der Waals surface area contributed by atoms with E-state index < -0.39 is 6.04 Å². The maximum Gasteiger partial charge on any atom is 0.239 e. The predicted molar refractivity (Wildman–Crippen MR) is 84.5 cm³/mol. The third kappa shape index (κ3) is 4.58. The molecule has 21 heavy (non-hydrogen) atoms. The number of nitrogens with two attached hydrogens (primary N) is 1. The van der Waals surface area contributed by atoms with Gasteiger partial charge in [-0.2, -0.15) is 0 Å². The number of benzene rings is 1. The minimum absolute atomic E-state index is 0.0574. The van der Waals surface area contributed by atoms with E-state index in [9.17, 15) is 4.79 Å². The Balaban J connectivity index is 1.98. The molecule has 0 aromatic heterocycles. The van der Waals surface area contributed by atoms with Crippen LogP contribution in [0, 0.1) is 5.92 Å². The van der Waals surface area contributed by atoms with Crippen molar-refractivity contribution in [3.63, 3.8) is 0 Å². The molecular formula is C15H20Cl2N2O2. The number of halogens is 2. The summed E-state index contributed by atoms with van der Waals surface area (Å²) in [5.41, 5.74) is 7.00. The normalized spacial score (nSPS) is 17.5. The van der Waals surface area contributed by atoms with Gasteiger partial charge in [-0.15, -0.1) is 0 Å². The van der Waals surface area contributed by atoms with Crippen molar-refractivity contribution in [3.8, 4) is 0 Å². The summed E-state index contributed by atoms with van der Waals surface area (Å²) in [5, 5.41) is 1.12. The Labute approximate surface area is 135 Å². The van der Waals surface area contributed by atoms with Gasteiger partial charge < -0.3 is 15.4 Å². The zero-order valence-corrected chi connectivity index (χ0v) is 13.5. The summed E-state index contributed by atoms with van der Waals surface area (Å²) in [6, 6.07) is 4.80. The molecule has 2 N–H and O–H groups in total. The van der Waals surface area contributed by atoms with Gasteiger partial charge in [0, 0.05) is 36.9 Å². The fourth-order valence-corrected chi connectivity index (χ4v) is 3.16. The van der Waals surface area contributed by atoms with E-state index >= 15 is 0 Å². The number of likely N-dealkylation sites (N-methyl/N-ethyl adjacent to an activating group) is 1. The van der Waals surface area contributed by atoms with Crippen LogP contribution in [0.1, 0.15) is 18.4 Å². The number of carbonyl (C=O) groups excluding carboxylic acids is 1. The van der Waals surface area contributed by atoms with Gasteiger partial charge in [0.25, 0.3) is 0 Å². The highest BCUT2D eigenvalue weighted by Crippen LogP contribution is 2.22. The molecule has 1 unspecified atom stereocenters. The van der Waals surface area contributed by atoms with Crippen molar-refractivity contribution >= 4 is 29.1 Å². The second-order valence-corrected chi connectivity index (χ2v) is 6.32. The largest absolute Gasteiger partial charge is 0.381 e. The summed E-state index contributed by atoms with van der Waals surface area (Å²) in [4.78, 5) is 14.0. The third-order valence-electron chi connectivity index (χ3n) is 3.78. The van der Waals surface area contributed by atoms with E-state index in [1.54, 1.807) is 30.1 Å². The fraction of sp³-hybridized carbons (Fsp3) is 0.533. The standard InChI is InChI=1S/C15H20Cl2N2O2/c1-19(9-10-6-12(16)8-13(17)7-10)15(20)14(18)11-2-4-21-5-3-11/h6-8,11,14H,2-5,9,18H2,1H3. The van der Waals surface area contributed by atoms with Crippen LogP contribution >= 0.6 is 23.2 Å². The zero-order valence-electron chi connectivity index (χ0n) is 12.0. The van der Waals surface area contributed by atoms with Gasteiger partial charge in [-0.05, 0) is 42.5 Å². The van der Waals surface area contributed by atoms with E-state index in [0.717, 1.165) is 18.4 Å². The van der Waals surface area contributed by atoms with Crippen LogP contribution in [0.25, 0.3) is 0 Å². The minimum Gasteiger partial charge on any atom is -0.381 e. The average Bonchev–Trinajstić information content (AvgIpc) is 2.45. The number of hydrogen-bond donors (Lipinski definition) is 1. The first-order chi connectivity index (χ1) is 9.97. The van der Waals surface area contributed by atoms with Gasteiger partial charge in [0.05, 0.1) is 6.04 Å². The lowest BCUT2D eigenvalue weighted by atomic mass is 9.91. The highest BCUT2D eigenvalue weighted by Gasteiger charge is 2.28. The molecular weight excluding hydrogens is 311 g/mol. The van der Waals surface area contributed by atoms with Gasteiger partial charge in [-0.1, -0.05) is 23.2 Å². The lowest BCUT2D eigenvalue weighted by molar-refractivity contribution is -0.133. The Morgan fingerprint density at radius 2 is 1.90 bits per heavy atom. The molecule has 0 bridgehead atoms. The Morgan fingerprint density at radius 3 is 2.48 bits per heavy atom. The molecule has 1 saturated heterocycles. The first-order valence-corrected chi connectivity index (χ1v) is 7.76. The van der Waals surface area contributed by atoms with Crippen molar-refractivity contribution in [3.05, 3.63) is 33.8 Å². The maximum absolute atomic E-state index is 12.4. The second-order valence-electron chi connectivity index (χ2n) is 5.45. The first-order valence-electron chi connectivity index (χ1n) is 7.00. The molecule has 2 rings (SSSR count). The Hall–Kier alpha value is -0.810. The number of nitrogens with zero attached hydrogens (tertiary/aromatic N) is 1. The van der Waals surface area contributed by atoms with Crippen LogP contribution in [-0.2, 0) is 16.1 Å². The van der Waals surface area contributed by atoms with E-state index in [1.807, 2.05) is 0 Å². The summed E-state index contributed by atoms with van der Waals surface area (Å²) >= 11 is 11.9. The lowest BCUT2D eigenvalue weighted by Gasteiger charge is -2.30. The number of carbonyl (C=O) groups is 1. The first kappa shape index (κ1) is 16.6. The Morgan fingerprint density at radius 1 is 1.33 bits per heavy atom. The Kier molecular flexibility index (Phi) is 5.88. The van der Waals surface area contributed by atoms with Crippen molar-refractivity contribution in [2.75, 3.05) is 20.3 Å². The number of rotatable bonds is 4. The molecule has 1 heterocycles. The van der Waals surface area contributed by atoms with Crippen LogP contribution < -0.4 is 5.73 Å². The molecule has 1 aromatic carbocycles. The molecule has 0 saturated carbocycles. The van der Waals surface area contributed by atoms with Crippen LogP contribution in [-0.4, -0.2) is 37.1 Å². The van der Waals surface area contributed by atoms with Crippen LogP contribution in [0.3, 0.4) is 0 Å².